The van der Waals surface area contributed by atoms with E-state index in [9.17, 15) is 35.5 Å². The van der Waals surface area contributed by atoms with E-state index in [1.807, 2.05) is 0 Å². The molecule has 0 radical (unpaired) electrons. The molecule has 0 amide bonds. The highest BCUT2D eigenvalue weighted by Crippen LogP contribution is 2.54. The van der Waals surface area contributed by atoms with Crippen LogP contribution >= 0.6 is 11.6 Å². The summed E-state index contributed by atoms with van der Waals surface area (Å²) in [6, 6.07) is 7.01. The Labute approximate surface area is 141 Å². The van der Waals surface area contributed by atoms with Crippen LogP contribution in [0.1, 0.15) is 17.4 Å². The molecule has 2 aromatic rings. The van der Waals surface area contributed by atoms with Crippen LogP contribution in [0.4, 0.5) is 30.7 Å². The van der Waals surface area contributed by atoms with E-state index < -0.39 is 40.3 Å². The maximum absolute atomic E-state index is 14.1. The van der Waals surface area contributed by atoms with Gasteiger partial charge in [0.25, 0.3) is 0 Å². The lowest BCUT2D eigenvalue weighted by molar-refractivity contribution is -0.360. The summed E-state index contributed by atoms with van der Waals surface area (Å²) in [5, 5.41) is 2.22. The quantitative estimate of drug-likeness (QED) is 0.681. The Morgan fingerprint density at radius 3 is 2.00 bits per heavy atom. The molecular weight excluding hydrogens is 381 g/mol. The smallest absolute Gasteiger partial charge is 0.273 e. The molecule has 3 nitrogen and oxygen atoms in total. The minimum Gasteiger partial charge on any atom is -0.273 e. The molecule has 0 aliphatic carbocycles. The molecule has 136 valence electrons. The predicted octanol–water partition coefficient (Wildman–Crippen LogP) is 5.15. The second kappa shape index (κ2) is 6.01. The Morgan fingerprint density at radius 1 is 1.04 bits per heavy atom. The highest BCUT2D eigenvalue weighted by Gasteiger charge is 2.75. The lowest BCUT2D eigenvalue weighted by atomic mass is 10.1. The van der Waals surface area contributed by atoms with E-state index >= 15 is 0 Å². The molecule has 0 aliphatic heterocycles. The molecule has 0 aliphatic rings. The third-order valence-corrected chi connectivity index (χ3v) is 3.58. The molecule has 0 saturated carbocycles. The van der Waals surface area contributed by atoms with Gasteiger partial charge in [-0.25, -0.2) is 0 Å². The summed E-state index contributed by atoms with van der Waals surface area (Å²) in [7, 11) is 0. The second-order valence-electron chi connectivity index (χ2n) is 4.95. The fraction of sp³-hybridized carbons (Fsp3) is 0.286. The topological polar surface area (TPSA) is 34.9 Å². The van der Waals surface area contributed by atoms with Crippen molar-refractivity contribution in [2.24, 2.45) is 0 Å². The minimum absolute atomic E-state index is 0.0554. The third-order valence-electron chi connectivity index (χ3n) is 3.22. The fourth-order valence-electron chi connectivity index (χ4n) is 2.00. The number of hydrogen-bond donors (Lipinski definition) is 0. The number of carbonyl (C=O) groups is 1. The van der Waals surface area contributed by atoms with Gasteiger partial charge in [0.1, 0.15) is 11.4 Å². The van der Waals surface area contributed by atoms with Crippen LogP contribution in [0.3, 0.4) is 0 Å². The van der Waals surface area contributed by atoms with Crippen molar-refractivity contribution < 1.29 is 35.5 Å². The first-order valence-electron chi connectivity index (χ1n) is 6.50. The average Bonchev–Trinajstić information content (AvgIpc) is 2.85. The predicted molar refractivity (Wildman–Crippen MR) is 73.9 cm³/mol. The van der Waals surface area contributed by atoms with Gasteiger partial charge in [-0.2, -0.15) is 40.5 Å². The Hall–Kier alpha value is -2.10. The molecule has 1 aromatic heterocycles. The molecular formula is C14H8ClF7N2O. The van der Waals surface area contributed by atoms with Crippen LogP contribution < -0.4 is 0 Å². The Morgan fingerprint density at radius 2 is 1.56 bits per heavy atom. The maximum Gasteiger partial charge on any atom is 0.460 e. The number of nitrogens with zero attached hydrogens (tertiary/aromatic N) is 2. The molecule has 0 spiro atoms. The number of rotatable bonds is 3. The summed E-state index contributed by atoms with van der Waals surface area (Å²) in [4.78, 5) is 11.5. The highest BCUT2D eigenvalue weighted by molar-refractivity contribution is 6.34. The summed E-state index contributed by atoms with van der Waals surface area (Å²) in [6.07, 6.45) is -6.57. The van der Waals surface area contributed by atoms with Gasteiger partial charge >= 0.3 is 18.0 Å². The SMILES string of the molecule is CC(=O)n1nc(-c2ccccc2)c(Cl)c1C(F)(F)C(F)(F)C(F)(F)F. The zero-order valence-electron chi connectivity index (χ0n) is 12.2. The van der Waals surface area contributed by atoms with E-state index in [1.54, 1.807) is 0 Å². The van der Waals surface area contributed by atoms with Crippen molar-refractivity contribution in [1.82, 2.24) is 9.78 Å². The molecule has 0 bridgehead atoms. The van der Waals surface area contributed by atoms with Crippen molar-refractivity contribution in [3.63, 3.8) is 0 Å². The van der Waals surface area contributed by atoms with Crippen molar-refractivity contribution >= 4 is 17.5 Å². The molecule has 11 heteroatoms. The summed E-state index contributed by atoms with van der Waals surface area (Å²) in [5.74, 6) is -13.6. The molecule has 0 unspecified atom stereocenters. The zero-order chi connectivity index (χ0) is 19.2. The first-order chi connectivity index (χ1) is 11.3. The van der Waals surface area contributed by atoms with Crippen molar-refractivity contribution in [1.29, 1.82) is 0 Å². The molecule has 0 atom stereocenters. The minimum atomic E-state index is -6.57. The first-order valence-corrected chi connectivity index (χ1v) is 6.88. The summed E-state index contributed by atoms with van der Waals surface area (Å²) >= 11 is 5.63. The number of alkyl halides is 7. The lowest BCUT2D eigenvalue weighted by Gasteiger charge is -2.28. The van der Waals surface area contributed by atoms with Gasteiger partial charge in [0.05, 0.1) is 5.02 Å². The van der Waals surface area contributed by atoms with Gasteiger partial charge in [0, 0.05) is 12.5 Å². The van der Waals surface area contributed by atoms with Gasteiger partial charge in [-0.3, -0.25) is 4.79 Å². The van der Waals surface area contributed by atoms with Crippen LogP contribution in [0.2, 0.25) is 5.02 Å². The molecule has 2 rings (SSSR count). The molecule has 0 N–H and O–H groups in total. The van der Waals surface area contributed by atoms with Crippen LogP contribution in [-0.4, -0.2) is 27.8 Å². The van der Waals surface area contributed by atoms with E-state index in [0.29, 0.717) is 6.92 Å². The number of benzene rings is 1. The second-order valence-corrected chi connectivity index (χ2v) is 5.33. The zero-order valence-corrected chi connectivity index (χ0v) is 13.0. The molecule has 0 saturated heterocycles. The van der Waals surface area contributed by atoms with Crippen molar-refractivity contribution in [3.8, 4) is 11.3 Å². The Kier molecular flexibility index (Phi) is 4.62. The van der Waals surface area contributed by atoms with Crippen LogP contribution in [0, 0.1) is 0 Å². The lowest BCUT2D eigenvalue weighted by Crippen LogP contribution is -2.51. The van der Waals surface area contributed by atoms with E-state index in [4.69, 9.17) is 11.6 Å². The Bertz CT molecular complexity index is 800. The largest absolute Gasteiger partial charge is 0.460 e. The molecule has 1 heterocycles. The Balaban J connectivity index is 2.77. The van der Waals surface area contributed by atoms with E-state index in [0.717, 1.165) is 0 Å². The molecule has 1 aromatic carbocycles. The first kappa shape index (κ1) is 19.2. The van der Waals surface area contributed by atoms with Crippen molar-refractivity contribution in [3.05, 3.63) is 41.0 Å². The monoisotopic (exact) mass is 388 g/mol. The van der Waals surface area contributed by atoms with E-state index in [2.05, 4.69) is 5.10 Å². The summed E-state index contributed by atoms with van der Waals surface area (Å²) < 4.78 is 91.9. The average molecular weight is 389 g/mol. The van der Waals surface area contributed by atoms with Crippen molar-refractivity contribution in [2.75, 3.05) is 0 Å². The van der Waals surface area contributed by atoms with Crippen LogP contribution in [0.15, 0.2) is 30.3 Å². The normalized spacial score (nSPS) is 13.2. The van der Waals surface area contributed by atoms with Gasteiger partial charge in [-0.1, -0.05) is 41.9 Å². The molecule has 25 heavy (non-hydrogen) atoms. The van der Waals surface area contributed by atoms with Gasteiger partial charge in [0.15, 0.2) is 0 Å². The maximum atomic E-state index is 14.1. The highest BCUT2D eigenvalue weighted by atomic mass is 35.5. The fourth-order valence-corrected chi connectivity index (χ4v) is 2.35. The summed E-state index contributed by atoms with van der Waals surface area (Å²) in [6.45, 7) is 0.670. The number of hydrogen-bond acceptors (Lipinski definition) is 2. The summed E-state index contributed by atoms with van der Waals surface area (Å²) in [5.41, 5.74) is -2.49. The van der Waals surface area contributed by atoms with Crippen LogP contribution in [0.25, 0.3) is 11.3 Å². The van der Waals surface area contributed by atoms with E-state index in [1.165, 1.54) is 30.3 Å². The van der Waals surface area contributed by atoms with Crippen LogP contribution in [-0.2, 0) is 5.92 Å². The van der Waals surface area contributed by atoms with Gasteiger partial charge < -0.3 is 0 Å². The number of halogens is 8. The third kappa shape index (κ3) is 2.99. The number of carbonyl (C=O) groups excluding carboxylic acids is 1. The van der Waals surface area contributed by atoms with Gasteiger partial charge in [-0.05, 0) is 0 Å². The van der Waals surface area contributed by atoms with Crippen molar-refractivity contribution in [2.45, 2.75) is 24.9 Å². The van der Waals surface area contributed by atoms with Gasteiger partial charge in [-0.15, -0.1) is 0 Å². The molecule has 0 fully saturated rings. The number of aromatic nitrogens is 2. The standard InChI is InChI=1S/C14H8ClF7N2O/c1-7(25)24-11(12(16,17)13(18,19)14(20,21)22)9(15)10(23-24)8-5-3-2-4-6-8/h2-6H,1H3. The van der Waals surface area contributed by atoms with Gasteiger partial charge in [0.2, 0.25) is 5.91 Å². The van der Waals surface area contributed by atoms with Crippen LogP contribution in [0.5, 0.6) is 0 Å². The van der Waals surface area contributed by atoms with E-state index in [-0.39, 0.29) is 10.2 Å².